The number of piperidine rings is 1. The monoisotopic (exact) mass is 257 g/mol. The smallest absolute Gasteiger partial charge is 0.410 e. The van der Waals surface area contributed by atoms with Crippen LogP contribution < -0.4 is 0 Å². The van der Waals surface area contributed by atoms with Gasteiger partial charge >= 0.3 is 6.09 Å². The van der Waals surface area contributed by atoms with Crippen LogP contribution >= 0.6 is 0 Å². The fourth-order valence-electron chi connectivity index (χ4n) is 2.56. The minimum Gasteiger partial charge on any atom is -0.444 e. The van der Waals surface area contributed by atoms with Crippen LogP contribution in [0.2, 0.25) is 0 Å². The second-order valence-corrected chi connectivity index (χ2v) is 6.30. The van der Waals surface area contributed by atoms with E-state index in [2.05, 4.69) is 0 Å². The van der Waals surface area contributed by atoms with Crippen molar-refractivity contribution in [1.82, 2.24) is 4.90 Å². The van der Waals surface area contributed by atoms with Gasteiger partial charge in [-0.2, -0.15) is 0 Å². The molecule has 0 spiro atoms. The number of likely N-dealkylation sites (tertiary alicyclic amines) is 1. The molecule has 0 saturated carbocycles. The summed E-state index contributed by atoms with van der Waals surface area (Å²) < 4.78 is 10.7. The second kappa shape index (κ2) is 4.70. The van der Waals surface area contributed by atoms with Gasteiger partial charge in [-0.25, -0.2) is 4.79 Å². The average molecular weight is 257 g/mol. The molecular weight excluding hydrogens is 234 g/mol. The standard InChI is InChI=1S/C13H23NO4/c1-12(2,3)18-11(15)14-6-4-13(16)5-7-17-9-10(13)8-14/h10,16H,4-9H2,1-3H3/t10-,13-/m1/s1. The molecule has 0 bridgehead atoms. The molecule has 2 aliphatic rings. The van der Waals surface area contributed by atoms with E-state index in [-0.39, 0.29) is 12.0 Å². The number of rotatable bonds is 0. The Kier molecular flexibility index (Phi) is 3.56. The van der Waals surface area contributed by atoms with Crippen LogP contribution in [-0.4, -0.2) is 53.6 Å². The highest BCUT2D eigenvalue weighted by atomic mass is 16.6. The van der Waals surface area contributed by atoms with Gasteiger partial charge in [0.1, 0.15) is 5.60 Å². The van der Waals surface area contributed by atoms with Gasteiger partial charge in [-0.1, -0.05) is 0 Å². The van der Waals surface area contributed by atoms with Crippen molar-refractivity contribution in [3.8, 4) is 0 Å². The first kappa shape index (κ1) is 13.6. The van der Waals surface area contributed by atoms with Gasteiger partial charge in [-0.15, -0.1) is 0 Å². The molecule has 0 aromatic heterocycles. The van der Waals surface area contributed by atoms with Gasteiger partial charge in [0.25, 0.3) is 0 Å². The Bertz CT molecular complexity index is 325. The van der Waals surface area contributed by atoms with E-state index < -0.39 is 11.2 Å². The number of hydrogen-bond acceptors (Lipinski definition) is 4. The molecule has 0 aromatic carbocycles. The normalized spacial score (nSPS) is 32.9. The largest absolute Gasteiger partial charge is 0.444 e. The van der Waals surface area contributed by atoms with E-state index in [9.17, 15) is 9.90 Å². The van der Waals surface area contributed by atoms with Gasteiger partial charge in [0.15, 0.2) is 0 Å². The van der Waals surface area contributed by atoms with Crippen LogP contribution in [-0.2, 0) is 9.47 Å². The Morgan fingerprint density at radius 1 is 1.44 bits per heavy atom. The number of nitrogens with zero attached hydrogens (tertiary/aromatic N) is 1. The topological polar surface area (TPSA) is 59.0 Å². The van der Waals surface area contributed by atoms with Crippen LogP contribution in [0, 0.1) is 5.92 Å². The van der Waals surface area contributed by atoms with Crippen LogP contribution in [0.25, 0.3) is 0 Å². The van der Waals surface area contributed by atoms with Crippen molar-refractivity contribution < 1.29 is 19.4 Å². The van der Waals surface area contributed by atoms with E-state index in [0.29, 0.717) is 39.1 Å². The lowest BCUT2D eigenvalue weighted by Crippen LogP contribution is -2.57. The highest BCUT2D eigenvalue weighted by molar-refractivity contribution is 5.68. The summed E-state index contributed by atoms with van der Waals surface area (Å²) in [5.41, 5.74) is -1.13. The van der Waals surface area contributed by atoms with Crippen molar-refractivity contribution in [3.05, 3.63) is 0 Å². The summed E-state index contributed by atoms with van der Waals surface area (Å²) in [4.78, 5) is 13.7. The number of fused-ring (bicyclic) bond motifs is 1. The molecule has 2 atom stereocenters. The third-order valence-electron chi connectivity index (χ3n) is 3.67. The van der Waals surface area contributed by atoms with Crippen molar-refractivity contribution >= 4 is 6.09 Å². The Morgan fingerprint density at radius 2 is 2.17 bits per heavy atom. The predicted octanol–water partition coefficient (Wildman–Crippen LogP) is 1.39. The lowest BCUT2D eigenvalue weighted by atomic mass is 9.78. The maximum absolute atomic E-state index is 12.0. The molecule has 5 heteroatoms. The van der Waals surface area contributed by atoms with E-state index in [1.165, 1.54) is 0 Å². The van der Waals surface area contributed by atoms with Gasteiger partial charge in [-0.3, -0.25) is 0 Å². The molecule has 5 nitrogen and oxygen atoms in total. The average Bonchev–Trinajstić information content (AvgIpc) is 2.25. The molecule has 18 heavy (non-hydrogen) atoms. The summed E-state index contributed by atoms with van der Waals surface area (Å²) in [6.07, 6.45) is 0.982. The molecule has 0 aliphatic carbocycles. The highest BCUT2D eigenvalue weighted by Gasteiger charge is 2.45. The molecule has 2 rings (SSSR count). The molecule has 0 aromatic rings. The van der Waals surface area contributed by atoms with Crippen molar-refractivity contribution in [3.63, 3.8) is 0 Å². The second-order valence-electron chi connectivity index (χ2n) is 6.30. The number of carbonyl (C=O) groups excluding carboxylic acids is 1. The van der Waals surface area contributed by atoms with Crippen molar-refractivity contribution in [2.24, 2.45) is 5.92 Å². The Balaban J connectivity index is 1.96. The van der Waals surface area contributed by atoms with Crippen molar-refractivity contribution in [1.29, 1.82) is 0 Å². The van der Waals surface area contributed by atoms with Crippen molar-refractivity contribution in [2.45, 2.75) is 44.8 Å². The van der Waals surface area contributed by atoms with Crippen LogP contribution in [0.15, 0.2) is 0 Å². The fraction of sp³-hybridized carbons (Fsp3) is 0.923. The molecule has 1 N–H and O–H groups in total. The number of aliphatic hydroxyl groups is 1. The highest BCUT2D eigenvalue weighted by Crippen LogP contribution is 2.34. The zero-order valence-corrected chi connectivity index (χ0v) is 11.4. The quantitative estimate of drug-likeness (QED) is 0.712. The van der Waals surface area contributed by atoms with Gasteiger partial charge in [0.2, 0.25) is 0 Å². The van der Waals surface area contributed by atoms with Gasteiger partial charge in [0.05, 0.1) is 12.2 Å². The lowest BCUT2D eigenvalue weighted by Gasteiger charge is -2.46. The first-order valence-electron chi connectivity index (χ1n) is 6.58. The molecule has 2 fully saturated rings. The van der Waals surface area contributed by atoms with E-state index in [0.717, 1.165) is 0 Å². The zero-order valence-electron chi connectivity index (χ0n) is 11.4. The summed E-state index contributed by atoms with van der Waals surface area (Å²) in [5, 5.41) is 10.5. The zero-order chi connectivity index (χ0) is 13.4. The SMILES string of the molecule is CC(C)(C)OC(=O)N1CC[C@@]2(O)CCOC[C@H]2C1. The van der Waals surface area contributed by atoms with Crippen LogP contribution in [0.4, 0.5) is 4.79 Å². The van der Waals surface area contributed by atoms with Gasteiger partial charge in [-0.05, 0) is 33.6 Å². The molecular formula is C13H23NO4. The van der Waals surface area contributed by atoms with Gasteiger partial charge in [0, 0.05) is 25.6 Å². The van der Waals surface area contributed by atoms with E-state index in [1.807, 2.05) is 20.8 Å². The maximum atomic E-state index is 12.0. The van der Waals surface area contributed by atoms with Crippen LogP contribution in [0.1, 0.15) is 33.6 Å². The molecule has 1 amide bonds. The Hall–Kier alpha value is -0.810. The summed E-state index contributed by atoms with van der Waals surface area (Å²) in [6.45, 7) is 7.78. The predicted molar refractivity (Wildman–Crippen MR) is 66.3 cm³/mol. The summed E-state index contributed by atoms with van der Waals surface area (Å²) in [7, 11) is 0. The maximum Gasteiger partial charge on any atom is 0.410 e. The van der Waals surface area contributed by atoms with Crippen LogP contribution in [0.3, 0.4) is 0 Å². The van der Waals surface area contributed by atoms with E-state index in [1.54, 1.807) is 4.90 Å². The third-order valence-corrected chi connectivity index (χ3v) is 3.67. The van der Waals surface area contributed by atoms with E-state index >= 15 is 0 Å². The van der Waals surface area contributed by atoms with E-state index in [4.69, 9.17) is 9.47 Å². The number of carbonyl (C=O) groups is 1. The minimum atomic E-state index is -0.656. The molecule has 104 valence electrons. The molecule has 2 saturated heterocycles. The summed E-state index contributed by atoms with van der Waals surface area (Å²) in [6, 6.07) is 0. The molecule has 2 aliphatic heterocycles. The Morgan fingerprint density at radius 3 is 2.83 bits per heavy atom. The van der Waals surface area contributed by atoms with Crippen molar-refractivity contribution in [2.75, 3.05) is 26.3 Å². The lowest BCUT2D eigenvalue weighted by molar-refractivity contribution is -0.143. The Labute approximate surface area is 108 Å². The number of hydrogen-bond donors (Lipinski definition) is 1. The van der Waals surface area contributed by atoms with Crippen LogP contribution in [0.5, 0.6) is 0 Å². The summed E-state index contributed by atoms with van der Waals surface area (Å²) in [5.74, 6) is 0.00696. The third kappa shape index (κ3) is 2.95. The van der Waals surface area contributed by atoms with Gasteiger partial charge < -0.3 is 19.5 Å². The fourth-order valence-corrected chi connectivity index (χ4v) is 2.56. The molecule has 0 unspecified atom stereocenters. The number of amides is 1. The molecule has 0 radical (unpaired) electrons. The first-order chi connectivity index (χ1) is 8.30. The minimum absolute atomic E-state index is 0.00696. The molecule has 2 heterocycles. The first-order valence-corrected chi connectivity index (χ1v) is 6.58. The number of ether oxygens (including phenoxy) is 2. The summed E-state index contributed by atoms with van der Waals surface area (Å²) >= 11 is 0.